The fourth-order valence-electron chi connectivity index (χ4n) is 3.33. The fraction of sp³-hybridized carbons (Fsp3) is 0.333. The Labute approximate surface area is 186 Å². The van der Waals surface area contributed by atoms with Gasteiger partial charge in [-0.15, -0.1) is 0 Å². The SMILES string of the molecule is C[C@H](OC(=O)NC(C)(C)C)C1=Nc2ccc(F)c(C#CCO)c2[C@H](O)N1c1ccccc1. The molecule has 8 heteroatoms. The number of benzene rings is 2. The van der Waals surface area contributed by atoms with Crippen LogP contribution in [0.1, 0.15) is 45.0 Å². The summed E-state index contributed by atoms with van der Waals surface area (Å²) in [5, 5.41) is 23.1. The largest absolute Gasteiger partial charge is 0.438 e. The van der Waals surface area contributed by atoms with Gasteiger partial charge in [-0.05, 0) is 52.0 Å². The molecular formula is C24H26FN3O4. The number of aliphatic hydroxyl groups is 2. The van der Waals surface area contributed by atoms with Gasteiger partial charge < -0.3 is 20.3 Å². The molecule has 0 fully saturated rings. The summed E-state index contributed by atoms with van der Waals surface area (Å²) in [4.78, 5) is 18.4. The second-order valence-corrected chi connectivity index (χ2v) is 8.29. The number of ether oxygens (including phenoxy) is 1. The number of alkyl carbamates (subject to hydrolysis) is 1. The molecule has 2 aromatic carbocycles. The molecule has 0 radical (unpaired) electrons. The maximum atomic E-state index is 14.5. The number of hydrogen-bond donors (Lipinski definition) is 3. The molecule has 168 valence electrons. The van der Waals surface area contributed by atoms with Gasteiger partial charge in [-0.2, -0.15) is 0 Å². The number of halogens is 1. The molecule has 0 aromatic heterocycles. The average Bonchev–Trinajstić information content (AvgIpc) is 2.72. The van der Waals surface area contributed by atoms with E-state index in [1.165, 1.54) is 17.0 Å². The van der Waals surface area contributed by atoms with Crippen molar-refractivity contribution in [3.05, 3.63) is 59.4 Å². The number of carbonyl (C=O) groups excluding carboxylic acids is 1. The quantitative estimate of drug-likeness (QED) is 0.635. The normalized spacial score (nSPS) is 16.3. The molecule has 0 aliphatic carbocycles. The molecule has 0 saturated heterocycles. The number of para-hydroxylation sites is 1. The number of rotatable bonds is 3. The van der Waals surface area contributed by atoms with Crippen molar-refractivity contribution < 1.29 is 24.1 Å². The summed E-state index contributed by atoms with van der Waals surface area (Å²) in [6, 6.07) is 11.5. The van der Waals surface area contributed by atoms with Gasteiger partial charge in [0.2, 0.25) is 0 Å². The van der Waals surface area contributed by atoms with E-state index in [1.54, 1.807) is 31.2 Å². The van der Waals surface area contributed by atoms with E-state index in [0.717, 1.165) is 0 Å². The molecule has 1 aliphatic heterocycles. The van der Waals surface area contributed by atoms with Crippen LogP contribution in [0.2, 0.25) is 0 Å². The average molecular weight is 439 g/mol. The van der Waals surface area contributed by atoms with E-state index in [-0.39, 0.29) is 17.0 Å². The molecule has 3 N–H and O–H groups in total. The van der Waals surface area contributed by atoms with Crippen LogP contribution < -0.4 is 10.2 Å². The molecular weight excluding hydrogens is 413 g/mol. The first-order chi connectivity index (χ1) is 15.1. The summed E-state index contributed by atoms with van der Waals surface area (Å²) in [5.41, 5.74) is 0.502. The summed E-state index contributed by atoms with van der Waals surface area (Å²) in [7, 11) is 0. The first-order valence-electron chi connectivity index (χ1n) is 10.1. The van der Waals surface area contributed by atoms with Crippen LogP contribution >= 0.6 is 0 Å². The van der Waals surface area contributed by atoms with Crippen LogP contribution in [-0.2, 0) is 4.74 Å². The van der Waals surface area contributed by atoms with Gasteiger partial charge in [-0.1, -0.05) is 30.0 Å². The predicted molar refractivity (Wildman–Crippen MR) is 120 cm³/mol. The van der Waals surface area contributed by atoms with Crippen molar-refractivity contribution in [2.24, 2.45) is 4.99 Å². The Balaban J connectivity index is 2.10. The van der Waals surface area contributed by atoms with Crippen LogP contribution in [0.5, 0.6) is 0 Å². The zero-order valence-electron chi connectivity index (χ0n) is 18.4. The number of carbonyl (C=O) groups is 1. The van der Waals surface area contributed by atoms with Crippen molar-refractivity contribution in [2.75, 3.05) is 11.5 Å². The molecule has 3 rings (SSSR count). The number of nitrogens with one attached hydrogen (secondary N) is 1. The van der Waals surface area contributed by atoms with Crippen molar-refractivity contribution in [1.82, 2.24) is 5.32 Å². The van der Waals surface area contributed by atoms with E-state index in [9.17, 15) is 14.3 Å². The molecule has 0 spiro atoms. The van der Waals surface area contributed by atoms with Crippen LogP contribution in [0, 0.1) is 17.7 Å². The van der Waals surface area contributed by atoms with Gasteiger partial charge >= 0.3 is 6.09 Å². The highest BCUT2D eigenvalue weighted by Gasteiger charge is 2.36. The molecule has 2 atom stereocenters. The maximum absolute atomic E-state index is 14.5. The summed E-state index contributed by atoms with van der Waals surface area (Å²) >= 11 is 0. The molecule has 2 aromatic rings. The Morgan fingerprint density at radius 1 is 1.28 bits per heavy atom. The van der Waals surface area contributed by atoms with Gasteiger partial charge in [0, 0.05) is 16.8 Å². The van der Waals surface area contributed by atoms with E-state index in [0.29, 0.717) is 11.4 Å². The molecule has 32 heavy (non-hydrogen) atoms. The number of amidine groups is 1. The van der Waals surface area contributed by atoms with E-state index >= 15 is 0 Å². The van der Waals surface area contributed by atoms with E-state index < -0.39 is 36.4 Å². The number of fused-ring (bicyclic) bond motifs is 1. The van der Waals surface area contributed by atoms with Crippen molar-refractivity contribution in [2.45, 2.75) is 45.6 Å². The monoisotopic (exact) mass is 439 g/mol. The number of hydrogen-bond acceptors (Lipinski definition) is 6. The second kappa shape index (κ2) is 9.39. The van der Waals surface area contributed by atoms with E-state index in [1.807, 2.05) is 26.8 Å². The Morgan fingerprint density at radius 2 is 1.97 bits per heavy atom. The lowest BCUT2D eigenvalue weighted by molar-refractivity contribution is 0.121. The number of amides is 1. The second-order valence-electron chi connectivity index (χ2n) is 8.29. The van der Waals surface area contributed by atoms with Gasteiger partial charge in [0.25, 0.3) is 0 Å². The highest BCUT2D eigenvalue weighted by Crippen LogP contribution is 2.40. The van der Waals surface area contributed by atoms with Crippen LogP contribution in [0.15, 0.2) is 47.5 Å². The lowest BCUT2D eigenvalue weighted by Crippen LogP contribution is -2.47. The van der Waals surface area contributed by atoms with Crippen molar-refractivity contribution >= 4 is 23.3 Å². The summed E-state index contributed by atoms with van der Waals surface area (Å²) < 4.78 is 20.1. The first kappa shape index (κ1) is 23.3. The topological polar surface area (TPSA) is 94.4 Å². The highest BCUT2D eigenvalue weighted by molar-refractivity contribution is 6.05. The molecule has 0 bridgehead atoms. The summed E-state index contributed by atoms with van der Waals surface area (Å²) in [5.74, 6) is 4.63. The Morgan fingerprint density at radius 3 is 2.59 bits per heavy atom. The third-order valence-corrected chi connectivity index (χ3v) is 4.61. The summed E-state index contributed by atoms with van der Waals surface area (Å²) in [6.07, 6.45) is -2.82. The number of aliphatic hydroxyl groups excluding tert-OH is 2. The lowest BCUT2D eigenvalue weighted by Gasteiger charge is -2.37. The van der Waals surface area contributed by atoms with Crippen molar-refractivity contribution in [3.8, 4) is 11.8 Å². The predicted octanol–water partition coefficient (Wildman–Crippen LogP) is 3.62. The van der Waals surface area contributed by atoms with Crippen LogP contribution in [0.3, 0.4) is 0 Å². The number of nitrogens with zero attached hydrogens (tertiary/aromatic N) is 2. The molecule has 1 aliphatic rings. The Bertz CT molecular complexity index is 1080. The molecule has 1 heterocycles. The summed E-state index contributed by atoms with van der Waals surface area (Å²) in [6.45, 7) is 6.68. The van der Waals surface area contributed by atoms with Gasteiger partial charge in [0.15, 0.2) is 18.2 Å². The smallest absolute Gasteiger partial charge is 0.408 e. The van der Waals surface area contributed by atoms with Gasteiger partial charge in [0.05, 0.1) is 11.3 Å². The van der Waals surface area contributed by atoms with Gasteiger partial charge in [-0.3, -0.25) is 4.90 Å². The Kier molecular flexibility index (Phi) is 6.82. The third kappa shape index (κ3) is 5.07. The zero-order valence-corrected chi connectivity index (χ0v) is 18.4. The standard InChI is InChI=1S/C24H26FN3O4/c1-15(32-23(31)27-24(2,3)4)21-26-19-13-12-18(25)17(11-8-14-29)20(19)22(30)28(21)16-9-6-5-7-10-16/h5-7,9-10,12-13,15,22,29-30H,14H2,1-4H3,(H,27,31)/t15-,22-/m0/s1. The molecule has 0 saturated carbocycles. The lowest BCUT2D eigenvalue weighted by atomic mass is 9.99. The third-order valence-electron chi connectivity index (χ3n) is 4.61. The van der Waals surface area contributed by atoms with E-state index in [4.69, 9.17) is 9.84 Å². The maximum Gasteiger partial charge on any atom is 0.408 e. The molecule has 1 amide bonds. The molecule has 0 unspecified atom stereocenters. The molecule has 7 nitrogen and oxygen atoms in total. The minimum Gasteiger partial charge on any atom is -0.438 e. The van der Waals surface area contributed by atoms with Gasteiger partial charge in [-0.25, -0.2) is 14.2 Å². The van der Waals surface area contributed by atoms with Gasteiger partial charge in [0.1, 0.15) is 12.4 Å². The van der Waals surface area contributed by atoms with Crippen molar-refractivity contribution in [1.29, 1.82) is 0 Å². The zero-order chi connectivity index (χ0) is 23.5. The fourth-order valence-corrected chi connectivity index (χ4v) is 3.33. The number of anilines is 1. The minimum atomic E-state index is -1.35. The first-order valence-corrected chi connectivity index (χ1v) is 10.1. The van der Waals surface area contributed by atoms with Crippen LogP contribution in [0.4, 0.5) is 20.6 Å². The van der Waals surface area contributed by atoms with Crippen molar-refractivity contribution in [3.63, 3.8) is 0 Å². The Hall–Kier alpha value is -3.41. The minimum absolute atomic E-state index is 0.0492. The van der Waals surface area contributed by atoms with E-state index in [2.05, 4.69) is 22.2 Å². The van der Waals surface area contributed by atoms with Crippen LogP contribution in [0.25, 0.3) is 0 Å². The number of aliphatic imine (C=N–C) groups is 1. The van der Waals surface area contributed by atoms with Crippen LogP contribution in [-0.4, -0.2) is 40.4 Å². The highest BCUT2D eigenvalue weighted by atomic mass is 19.1.